The SMILES string of the molecule is CC(C)NC(=O)O[C@H]1C[C@@H](c2cc(Nc3nccc4nc(C5CC5)cn34)n[nH]2)C[C@H]1F. The van der Waals surface area contributed by atoms with Crippen LogP contribution in [0.5, 0.6) is 0 Å². The highest BCUT2D eigenvalue weighted by atomic mass is 19.1. The first kappa shape index (κ1) is 19.8. The number of nitrogens with one attached hydrogen (secondary N) is 3. The predicted molar refractivity (Wildman–Crippen MR) is 112 cm³/mol. The topological polar surface area (TPSA) is 109 Å². The molecule has 0 radical (unpaired) electrons. The number of alkyl carbamates (subject to hydrolysis) is 1. The molecule has 2 aliphatic carbocycles. The first-order valence-corrected chi connectivity index (χ1v) is 10.7. The number of hydrogen-bond donors (Lipinski definition) is 3. The van der Waals surface area contributed by atoms with Crippen molar-refractivity contribution in [3.63, 3.8) is 0 Å². The quantitative estimate of drug-likeness (QED) is 0.552. The van der Waals surface area contributed by atoms with Crippen LogP contribution in [0, 0.1) is 0 Å². The molecule has 10 heteroatoms. The highest BCUT2D eigenvalue weighted by Gasteiger charge is 2.38. The van der Waals surface area contributed by atoms with Crippen molar-refractivity contribution in [1.82, 2.24) is 29.9 Å². The van der Waals surface area contributed by atoms with E-state index in [1.807, 2.05) is 36.6 Å². The molecule has 0 bridgehead atoms. The summed E-state index contributed by atoms with van der Waals surface area (Å²) < 4.78 is 21.6. The maximum Gasteiger partial charge on any atom is 0.407 e. The van der Waals surface area contributed by atoms with Gasteiger partial charge in [0.2, 0.25) is 5.95 Å². The molecule has 3 N–H and O–H groups in total. The average Bonchev–Trinajstić information content (AvgIpc) is 3.13. The monoisotopic (exact) mass is 427 g/mol. The van der Waals surface area contributed by atoms with Gasteiger partial charge in [-0.05, 0) is 45.6 Å². The van der Waals surface area contributed by atoms with Crippen LogP contribution in [-0.2, 0) is 4.74 Å². The summed E-state index contributed by atoms with van der Waals surface area (Å²) in [4.78, 5) is 20.9. The van der Waals surface area contributed by atoms with E-state index in [1.165, 1.54) is 12.8 Å². The number of carbonyl (C=O) groups is 1. The fourth-order valence-corrected chi connectivity index (χ4v) is 4.06. The van der Waals surface area contributed by atoms with E-state index in [0.717, 1.165) is 17.0 Å². The molecule has 0 aliphatic heterocycles. The number of H-pyrrole nitrogens is 1. The molecular weight excluding hydrogens is 401 g/mol. The van der Waals surface area contributed by atoms with Gasteiger partial charge in [0.1, 0.15) is 17.9 Å². The number of carbonyl (C=O) groups excluding carboxylic acids is 1. The standard InChI is InChI=1S/C21H26FN7O2/c1-11(2)24-21(30)31-17-8-13(7-14(17)22)15-9-18(28-27-15)26-20-23-6-5-19-25-16(10-29(19)20)12-3-4-12/h5-6,9-14,17H,3-4,7-8H2,1-2H3,(H,24,30)(H2,23,26,27,28)/t13-,14+,17-/m0/s1. The summed E-state index contributed by atoms with van der Waals surface area (Å²) in [5, 5.41) is 13.2. The molecule has 3 heterocycles. The van der Waals surface area contributed by atoms with E-state index in [4.69, 9.17) is 4.74 Å². The Kier molecular flexibility index (Phi) is 4.99. The second kappa shape index (κ2) is 7.82. The van der Waals surface area contributed by atoms with E-state index >= 15 is 0 Å². The molecule has 2 fully saturated rings. The molecule has 31 heavy (non-hydrogen) atoms. The fourth-order valence-electron chi connectivity index (χ4n) is 4.06. The van der Waals surface area contributed by atoms with Crippen LogP contribution in [0.1, 0.15) is 62.8 Å². The molecule has 3 atom stereocenters. The number of nitrogens with zero attached hydrogens (tertiary/aromatic N) is 4. The van der Waals surface area contributed by atoms with Crippen LogP contribution in [0.4, 0.5) is 21.0 Å². The van der Waals surface area contributed by atoms with Crippen molar-refractivity contribution in [2.24, 2.45) is 0 Å². The smallest absolute Gasteiger partial charge is 0.407 e. The second-order valence-corrected chi connectivity index (χ2v) is 8.70. The lowest BCUT2D eigenvalue weighted by Crippen LogP contribution is -2.35. The number of ether oxygens (including phenoxy) is 1. The number of anilines is 2. The number of halogens is 1. The van der Waals surface area contributed by atoms with Gasteiger partial charge in [-0.15, -0.1) is 0 Å². The van der Waals surface area contributed by atoms with Crippen LogP contribution in [-0.4, -0.2) is 49.0 Å². The zero-order chi connectivity index (χ0) is 21.5. The third-order valence-electron chi connectivity index (χ3n) is 5.77. The molecule has 5 rings (SSSR count). The molecule has 2 aliphatic rings. The molecule has 3 aromatic rings. The summed E-state index contributed by atoms with van der Waals surface area (Å²) >= 11 is 0. The van der Waals surface area contributed by atoms with Gasteiger partial charge in [0.25, 0.3) is 0 Å². The summed E-state index contributed by atoms with van der Waals surface area (Å²) in [5.74, 6) is 1.66. The fraction of sp³-hybridized carbons (Fsp3) is 0.524. The zero-order valence-electron chi connectivity index (χ0n) is 17.5. The molecule has 0 saturated heterocycles. The third kappa shape index (κ3) is 4.19. The normalized spacial score (nSPS) is 23.4. The van der Waals surface area contributed by atoms with E-state index in [2.05, 4.69) is 30.8 Å². The Hall–Kier alpha value is -3.17. The highest BCUT2D eigenvalue weighted by molar-refractivity contribution is 5.67. The molecule has 1 amide bonds. The van der Waals surface area contributed by atoms with Gasteiger partial charge in [-0.2, -0.15) is 5.10 Å². The maximum absolute atomic E-state index is 14.4. The van der Waals surface area contributed by atoms with E-state index < -0.39 is 18.4 Å². The van der Waals surface area contributed by atoms with Crippen LogP contribution >= 0.6 is 0 Å². The molecular formula is C21H26FN7O2. The first-order valence-electron chi connectivity index (χ1n) is 10.7. The Labute approximate surface area is 178 Å². The van der Waals surface area contributed by atoms with Crippen LogP contribution in [0.15, 0.2) is 24.5 Å². The van der Waals surface area contributed by atoms with E-state index in [-0.39, 0.29) is 18.4 Å². The van der Waals surface area contributed by atoms with Crippen molar-refractivity contribution in [3.8, 4) is 0 Å². The largest absolute Gasteiger partial charge is 0.443 e. The van der Waals surface area contributed by atoms with Crippen molar-refractivity contribution in [2.45, 2.75) is 69.7 Å². The number of amides is 1. The number of aromatic amines is 1. The Morgan fingerprint density at radius 2 is 2.16 bits per heavy atom. The van der Waals surface area contributed by atoms with E-state index in [0.29, 0.717) is 24.1 Å². The van der Waals surface area contributed by atoms with Crippen molar-refractivity contribution < 1.29 is 13.9 Å². The molecule has 164 valence electrons. The van der Waals surface area contributed by atoms with Gasteiger partial charge >= 0.3 is 6.09 Å². The maximum atomic E-state index is 14.4. The molecule has 0 unspecified atom stereocenters. The minimum atomic E-state index is -1.20. The molecule has 2 saturated carbocycles. The lowest BCUT2D eigenvalue weighted by molar-refractivity contribution is 0.0593. The van der Waals surface area contributed by atoms with Gasteiger partial charge in [-0.1, -0.05) is 0 Å². The van der Waals surface area contributed by atoms with Gasteiger partial charge in [0.05, 0.1) is 5.69 Å². The van der Waals surface area contributed by atoms with E-state index in [1.54, 1.807) is 6.20 Å². The van der Waals surface area contributed by atoms with Gasteiger partial charge < -0.3 is 15.4 Å². The van der Waals surface area contributed by atoms with Crippen LogP contribution < -0.4 is 10.6 Å². The number of imidazole rings is 1. The molecule has 0 aromatic carbocycles. The molecule has 0 spiro atoms. The first-order chi connectivity index (χ1) is 15.0. The average molecular weight is 427 g/mol. The Bertz CT molecular complexity index is 1090. The number of rotatable bonds is 6. The summed E-state index contributed by atoms with van der Waals surface area (Å²) in [6.45, 7) is 3.66. The van der Waals surface area contributed by atoms with Crippen molar-refractivity contribution in [2.75, 3.05) is 5.32 Å². The minimum Gasteiger partial charge on any atom is -0.443 e. The Morgan fingerprint density at radius 1 is 1.32 bits per heavy atom. The summed E-state index contributed by atoms with van der Waals surface area (Å²) in [5.41, 5.74) is 2.73. The lowest BCUT2D eigenvalue weighted by atomic mass is 10.0. The van der Waals surface area contributed by atoms with Crippen molar-refractivity contribution in [1.29, 1.82) is 0 Å². The Balaban J connectivity index is 1.26. The third-order valence-corrected chi connectivity index (χ3v) is 5.77. The van der Waals surface area contributed by atoms with Crippen molar-refractivity contribution >= 4 is 23.5 Å². The lowest BCUT2D eigenvalue weighted by Gasteiger charge is -2.16. The number of hydrogen-bond acceptors (Lipinski definition) is 6. The summed E-state index contributed by atoms with van der Waals surface area (Å²) in [6, 6.07) is 3.67. The predicted octanol–water partition coefficient (Wildman–Crippen LogP) is 3.79. The Morgan fingerprint density at radius 3 is 2.94 bits per heavy atom. The highest BCUT2D eigenvalue weighted by Crippen LogP contribution is 2.40. The molecule has 9 nitrogen and oxygen atoms in total. The summed E-state index contributed by atoms with van der Waals surface area (Å²) in [6.07, 6.45) is 4.24. The summed E-state index contributed by atoms with van der Waals surface area (Å²) in [7, 11) is 0. The van der Waals surface area contributed by atoms with Gasteiger partial charge in [-0.25, -0.2) is 19.2 Å². The number of alkyl halides is 1. The zero-order valence-corrected chi connectivity index (χ0v) is 17.5. The number of fused-ring (bicyclic) bond motifs is 1. The van der Waals surface area contributed by atoms with Gasteiger partial charge in [0.15, 0.2) is 5.82 Å². The second-order valence-electron chi connectivity index (χ2n) is 8.70. The minimum absolute atomic E-state index is 0.0575. The van der Waals surface area contributed by atoms with Crippen LogP contribution in [0.2, 0.25) is 0 Å². The van der Waals surface area contributed by atoms with Crippen LogP contribution in [0.25, 0.3) is 5.65 Å². The molecule has 3 aromatic heterocycles. The van der Waals surface area contributed by atoms with Gasteiger partial charge in [-0.3, -0.25) is 9.50 Å². The number of aromatic nitrogens is 5. The van der Waals surface area contributed by atoms with E-state index in [9.17, 15) is 9.18 Å². The van der Waals surface area contributed by atoms with Gasteiger partial charge in [0, 0.05) is 42.0 Å². The van der Waals surface area contributed by atoms with Crippen LogP contribution in [0.3, 0.4) is 0 Å². The van der Waals surface area contributed by atoms with Crippen molar-refractivity contribution in [3.05, 3.63) is 35.9 Å².